The van der Waals surface area contributed by atoms with Gasteiger partial charge in [-0.25, -0.2) is 0 Å². The van der Waals surface area contributed by atoms with Gasteiger partial charge in [0, 0.05) is 24.2 Å². The highest BCUT2D eigenvalue weighted by molar-refractivity contribution is 9.10. The zero-order valence-corrected chi connectivity index (χ0v) is 17.6. The van der Waals surface area contributed by atoms with Crippen LogP contribution in [0.15, 0.2) is 30.8 Å². The number of hydrogen-bond donors (Lipinski definition) is 4. The molecule has 0 unspecified atom stereocenters. The van der Waals surface area contributed by atoms with Crippen molar-refractivity contribution in [3.63, 3.8) is 0 Å². The van der Waals surface area contributed by atoms with Gasteiger partial charge in [-0.3, -0.25) is 4.90 Å². The number of benzene rings is 1. The summed E-state index contributed by atoms with van der Waals surface area (Å²) in [5.41, 5.74) is 0.748. The first-order chi connectivity index (χ1) is 11.6. The van der Waals surface area contributed by atoms with E-state index in [1.165, 1.54) is 0 Å². The smallest absolute Gasteiger partial charge is 0.232 e. The molecule has 0 fully saturated rings. The quantitative estimate of drug-likeness (QED) is 0.293. The first kappa shape index (κ1) is 26.7. The van der Waals surface area contributed by atoms with E-state index in [1.54, 1.807) is 11.9 Å². The highest BCUT2D eigenvalue weighted by Gasteiger charge is 2.33. The number of aliphatic hydroxyl groups is 2. The standard InChI is InChI=1S/C12H18BrCl2N2O4.2C2H4/c1-16(3-4-18)5-7-9(13)12(17(2,20)21)11(15)8(6-19)10(7)14;2*1-2/h18-21H,3-6H2,1-2H3;2*1-2H2/q+1;;. The van der Waals surface area contributed by atoms with Gasteiger partial charge in [-0.1, -0.05) is 23.2 Å². The van der Waals surface area contributed by atoms with Crippen molar-refractivity contribution in [2.45, 2.75) is 13.2 Å². The topological polar surface area (TPSA) is 84.2 Å². The molecule has 9 heteroatoms. The number of rotatable bonds is 6. The summed E-state index contributed by atoms with van der Waals surface area (Å²) < 4.78 is 0.340. The Labute approximate surface area is 167 Å². The molecule has 0 aliphatic heterocycles. The number of likely N-dealkylation sites (N-methyl/N-ethyl adjacent to an activating group) is 1. The number of quaternary nitrogens is 1. The number of hydrogen-bond acceptors (Lipinski definition) is 5. The zero-order valence-electron chi connectivity index (χ0n) is 14.5. The lowest BCUT2D eigenvalue weighted by atomic mass is 10.1. The Morgan fingerprint density at radius 2 is 1.52 bits per heavy atom. The average molecular weight is 461 g/mol. The molecule has 0 aliphatic rings. The molecule has 0 spiro atoms. The van der Waals surface area contributed by atoms with E-state index in [0.717, 1.165) is 7.05 Å². The third-order valence-corrected chi connectivity index (χ3v) is 4.68. The Balaban J connectivity index is 0. The van der Waals surface area contributed by atoms with E-state index in [-0.39, 0.29) is 27.9 Å². The second kappa shape index (κ2) is 12.8. The molecule has 0 saturated carbocycles. The van der Waals surface area contributed by atoms with Crippen LogP contribution in [0.25, 0.3) is 0 Å². The maximum atomic E-state index is 9.82. The Hall–Kier alpha value is -0.480. The highest BCUT2D eigenvalue weighted by atomic mass is 79.9. The molecule has 25 heavy (non-hydrogen) atoms. The zero-order chi connectivity index (χ0) is 20.4. The van der Waals surface area contributed by atoms with Gasteiger partial charge in [-0.05, 0) is 27.8 Å². The van der Waals surface area contributed by atoms with Gasteiger partial charge < -0.3 is 10.2 Å². The predicted molar refractivity (Wildman–Crippen MR) is 107 cm³/mol. The van der Waals surface area contributed by atoms with E-state index in [2.05, 4.69) is 42.2 Å². The van der Waals surface area contributed by atoms with Crippen molar-refractivity contribution in [2.24, 2.45) is 0 Å². The fourth-order valence-corrected chi connectivity index (χ4v) is 3.78. The van der Waals surface area contributed by atoms with Crippen LogP contribution in [0.4, 0.5) is 5.69 Å². The summed E-state index contributed by atoms with van der Waals surface area (Å²) in [6, 6.07) is 0. The number of nitrogens with zero attached hydrogens (tertiary/aromatic N) is 2. The van der Waals surface area contributed by atoms with Gasteiger partial charge in [0.05, 0.1) is 22.7 Å². The monoisotopic (exact) mass is 459 g/mol. The lowest BCUT2D eigenvalue weighted by Crippen LogP contribution is -2.38. The molecule has 0 atom stereocenters. The van der Waals surface area contributed by atoms with Crippen LogP contribution >= 0.6 is 39.1 Å². The molecule has 4 N–H and O–H groups in total. The molecule has 1 aromatic rings. The summed E-state index contributed by atoms with van der Waals surface area (Å²) >= 11 is 15.6. The van der Waals surface area contributed by atoms with Crippen LogP contribution in [-0.4, -0.2) is 52.8 Å². The maximum absolute atomic E-state index is 9.82. The van der Waals surface area contributed by atoms with Crippen LogP contribution in [-0.2, 0) is 13.2 Å². The second-order valence-electron chi connectivity index (χ2n) is 4.78. The first-order valence-electron chi connectivity index (χ1n) is 7.06. The average Bonchev–Trinajstić information content (AvgIpc) is 2.55. The van der Waals surface area contributed by atoms with E-state index in [4.69, 9.17) is 28.3 Å². The Bertz CT molecular complexity index is 552. The van der Waals surface area contributed by atoms with Gasteiger partial charge >= 0.3 is 0 Å². The fourth-order valence-electron chi connectivity index (χ4n) is 1.93. The van der Waals surface area contributed by atoms with Crippen LogP contribution < -0.4 is 4.81 Å². The molecular weight excluding hydrogens is 435 g/mol. The Morgan fingerprint density at radius 1 is 1.04 bits per heavy atom. The van der Waals surface area contributed by atoms with Crippen LogP contribution in [0.3, 0.4) is 0 Å². The van der Waals surface area contributed by atoms with Crippen molar-refractivity contribution < 1.29 is 20.6 Å². The molecule has 144 valence electrons. The minimum absolute atomic E-state index is 0.0162. The number of aliphatic hydroxyl groups excluding tert-OH is 2. The van der Waals surface area contributed by atoms with E-state index in [1.807, 2.05) is 0 Å². The van der Waals surface area contributed by atoms with E-state index >= 15 is 0 Å². The van der Waals surface area contributed by atoms with E-state index in [9.17, 15) is 15.5 Å². The summed E-state index contributed by atoms with van der Waals surface area (Å²) in [4.78, 5) is 0.296. The first-order valence-corrected chi connectivity index (χ1v) is 8.61. The van der Waals surface area contributed by atoms with Crippen molar-refractivity contribution in [1.82, 2.24) is 9.71 Å². The van der Waals surface area contributed by atoms with Crippen molar-refractivity contribution in [2.75, 3.05) is 27.2 Å². The van der Waals surface area contributed by atoms with Gasteiger partial charge in [0.25, 0.3) is 0 Å². The van der Waals surface area contributed by atoms with Gasteiger partial charge in [0.1, 0.15) is 12.1 Å². The third kappa shape index (κ3) is 7.34. The van der Waals surface area contributed by atoms with Crippen molar-refractivity contribution >= 4 is 44.8 Å². The number of hydroxylamine groups is 2. The maximum Gasteiger partial charge on any atom is 0.232 e. The third-order valence-electron chi connectivity index (χ3n) is 2.97. The van der Waals surface area contributed by atoms with Crippen molar-refractivity contribution in [1.29, 1.82) is 0 Å². The molecule has 0 heterocycles. The van der Waals surface area contributed by atoms with Crippen molar-refractivity contribution in [3.05, 3.63) is 52.0 Å². The van der Waals surface area contributed by atoms with E-state index in [0.29, 0.717) is 23.1 Å². The normalized spacial score (nSPS) is 10.6. The molecule has 1 aromatic carbocycles. The minimum atomic E-state index is -1.50. The van der Waals surface area contributed by atoms with Crippen LogP contribution in [0, 0.1) is 0 Å². The summed E-state index contributed by atoms with van der Waals surface area (Å²) in [5, 5.41) is 38.3. The van der Waals surface area contributed by atoms with Gasteiger partial charge in [0.15, 0.2) is 0 Å². The fraction of sp³-hybridized carbons (Fsp3) is 0.375. The summed E-state index contributed by atoms with van der Waals surface area (Å²) in [6.45, 7) is 12.3. The summed E-state index contributed by atoms with van der Waals surface area (Å²) in [7, 11) is 2.89. The number of halogens is 3. The highest BCUT2D eigenvalue weighted by Crippen LogP contribution is 2.45. The van der Waals surface area contributed by atoms with Gasteiger partial charge in [-0.15, -0.1) is 26.3 Å². The van der Waals surface area contributed by atoms with Gasteiger partial charge in [0.2, 0.25) is 5.69 Å². The SMILES string of the molecule is C=C.C=C.CN(CCO)Cc1c(Cl)c(CO)c(Cl)c([N+](C)(O)O)c1Br. The van der Waals surface area contributed by atoms with Gasteiger partial charge in [-0.2, -0.15) is 10.4 Å². The summed E-state index contributed by atoms with van der Waals surface area (Å²) in [5.74, 6) is 0. The van der Waals surface area contributed by atoms with Crippen LogP contribution in [0.5, 0.6) is 0 Å². The van der Waals surface area contributed by atoms with Crippen LogP contribution in [0.1, 0.15) is 11.1 Å². The second-order valence-corrected chi connectivity index (χ2v) is 6.33. The molecule has 0 saturated heterocycles. The Kier molecular flexibility index (Phi) is 13.7. The molecule has 0 aromatic heterocycles. The lowest BCUT2D eigenvalue weighted by molar-refractivity contribution is -0.272. The van der Waals surface area contributed by atoms with Crippen LogP contribution in [0.2, 0.25) is 10.0 Å². The van der Waals surface area contributed by atoms with E-state index < -0.39 is 11.4 Å². The molecular formula is C16H26BrCl2N2O4+. The lowest BCUT2D eigenvalue weighted by Gasteiger charge is -2.24. The molecule has 1 rings (SSSR count). The Morgan fingerprint density at radius 3 is 1.88 bits per heavy atom. The molecule has 0 radical (unpaired) electrons. The predicted octanol–water partition coefficient (Wildman–Crippen LogP) is 3.99. The largest absolute Gasteiger partial charge is 0.395 e. The molecule has 0 aliphatic carbocycles. The molecule has 6 nitrogen and oxygen atoms in total. The molecule has 0 amide bonds. The molecule has 0 bridgehead atoms. The minimum Gasteiger partial charge on any atom is -0.395 e. The summed E-state index contributed by atoms with van der Waals surface area (Å²) in [6.07, 6.45) is 0. The van der Waals surface area contributed by atoms with Crippen molar-refractivity contribution in [3.8, 4) is 0 Å².